The molecule has 8 heteroatoms. The first-order chi connectivity index (χ1) is 13.4. The smallest absolute Gasteiger partial charge is 0.261 e. The third-order valence-electron chi connectivity index (χ3n) is 5.84. The van der Waals surface area contributed by atoms with Crippen LogP contribution < -0.4 is 0 Å². The predicted molar refractivity (Wildman–Crippen MR) is 102 cm³/mol. The second-order valence-corrected chi connectivity index (χ2v) is 7.71. The fraction of sp³-hybridized carbons (Fsp3) is 0.400. The molecule has 3 aromatic rings. The Kier molecular flexibility index (Phi) is 3.67. The highest BCUT2D eigenvalue weighted by atomic mass is 16.5. The third kappa shape index (κ3) is 2.41. The molecule has 1 fully saturated rings. The quantitative estimate of drug-likeness (QED) is 0.688. The third-order valence-corrected chi connectivity index (χ3v) is 5.84. The molecule has 4 heterocycles. The number of amides is 2. The van der Waals surface area contributed by atoms with Crippen LogP contribution >= 0.6 is 0 Å². The monoisotopic (exact) mass is 379 g/mol. The Morgan fingerprint density at radius 3 is 2.43 bits per heavy atom. The summed E-state index contributed by atoms with van der Waals surface area (Å²) in [6.45, 7) is 5.46. The summed E-state index contributed by atoms with van der Waals surface area (Å²) in [4.78, 5) is 37.5. The van der Waals surface area contributed by atoms with Crippen molar-refractivity contribution in [2.45, 2.75) is 32.7 Å². The highest BCUT2D eigenvalue weighted by Gasteiger charge is 2.41. The summed E-state index contributed by atoms with van der Waals surface area (Å²) in [6, 6.07) is 3.43. The number of rotatable bonds is 2. The molecule has 5 rings (SSSR count). The molecular formula is C20H21N5O3. The number of carbonyl (C=O) groups is 2. The molecule has 0 bridgehead atoms. The second-order valence-electron chi connectivity index (χ2n) is 7.71. The molecule has 0 spiro atoms. The molecule has 0 radical (unpaired) electrons. The van der Waals surface area contributed by atoms with E-state index in [9.17, 15) is 9.59 Å². The Balaban J connectivity index is 1.54. The number of benzene rings is 1. The first-order valence-electron chi connectivity index (χ1n) is 9.47. The fourth-order valence-corrected chi connectivity index (χ4v) is 4.29. The van der Waals surface area contributed by atoms with Crippen LogP contribution in [-0.4, -0.2) is 62.9 Å². The average Bonchev–Trinajstić information content (AvgIpc) is 3.30. The molecule has 1 saturated heterocycles. The minimum atomic E-state index is -0.210. The number of imide groups is 1. The molecule has 8 nitrogen and oxygen atoms in total. The normalized spacial score (nSPS) is 18.5. The number of fused-ring (bicyclic) bond motifs is 2. The van der Waals surface area contributed by atoms with Crippen molar-refractivity contribution in [1.29, 1.82) is 0 Å². The van der Waals surface area contributed by atoms with E-state index in [-0.39, 0.29) is 17.9 Å². The molecule has 0 unspecified atom stereocenters. The highest BCUT2D eigenvalue weighted by Crippen LogP contribution is 2.33. The average molecular weight is 379 g/mol. The van der Waals surface area contributed by atoms with Gasteiger partial charge in [-0.15, -0.1) is 0 Å². The Hall–Kier alpha value is -3.00. The van der Waals surface area contributed by atoms with Crippen LogP contribution in [0.3, 0.4) is 0 Å². The molecule has 0 saturated carbocycles. The van der Waals surface area contributed by atoms with Crippen LogP contribution in [0.2, 0.25) is 0 Å². The van der Waals surface area contributed by atoms with Crippen LogP contribution in [0.1, 0.15) is 45.0 Å². The summed E-state index contributed by atoms with van der Waals surface area (Å²) >= 11 is 0. The van der Waals surface area contributed by atoms with Crippen molar-refractivity contribution in [2.24, 2.45) is 0 Å². The van der Waals surface area contributed by atoms with Gasteiger partial charge in [-0.05, 0) is 59.0 Å². The molecule has 2 aromatic heterocycles. The zero-order valence-electron chi connectivity index (χ0n) is 16.1. The summed E-state index contributed by atoms with van der Waals surface area (Å²) in [6.07, 6.45) is 1.63. The number of aromatic nitrogens is 3. The van der Waals surface area contributed by atoms with Gasteiger partial charge in [-0.3, -0.25) is 14.5 Å². The molecule has 1 aromatic carbocycles. The molecular weight excluding hydrogens is 358 g/mol. The van der Waals surface area contributed by atoms with Gasteiger partial charge in [0.2, 0.25) is 0 Å². The largest absolute Gasteiger partial charge is 0.361 e. The number of nitrogens with one attached hydrogen (secondary N) is 1. The van der Waals surface area contributed by atoms with Gasteiger partial charge in [0, 0.05) is 6.04 Å². The molecule has 144 valence electrons. The van der Waals surface area contributed by atoms with E-state index >= 15 is 0 Å². The Morgan fingerprint density at radius 1 is 1.11 bits per heavy atom. The van der Waals surface area contributed by atoms with E-state index in [1.807, 2.05) is 13.8 Å². The van der Waals surface area contributed by atoms with Crippen LogP contribution in [0.5, 0.6) is 0 Å². The van der Waals surface area contributed by atoms with Crippen molar-refractivity contribution in [1.82, 2.24) is 24.9 Å². The van der Waals surface area contributed by atoms with E-state index in [2.05, 4.69) is 27.1 Å². The lowest BCUT2D eigenvalue weighted by molar-refractivity contribution is 0.0516. The van der Waals surface area contributed by atoms with Crippen LogP contribution in [0.25, 0.3) is 22.4 Å². The maximum Gasteiger partial charge on any atom is 0.261 e. The number of hydrogen-bond acceptors (Lipinski definition) is 6. The summed E-state index contributed by atoms with van der Waals surface area (Å²) in [5.41, 5.74) is 3.81. The SMILES string of the molecule is Cc1noc(C)c1-c1nc2cc3c(cc2[nH]1)C(=O)N(C1CCN(C)CC1)C3=O. The number of hydrogen-bond donors (Lipinski definition) is 1. The highest BCUT2D eigenvalue weighted by molar-refractivity contribution is 6.23. The number of aryl methyl sites for hydroxylation is 2. The van der Waals surface area contributed by atoms with Crippen LogP contribution in [0.15, 0.2) is 16.7 Å². The molecule has 1 N–H and O–H groups in total. The Bertz CT molecular complexity index is 1050. The van der Waals surface area contributed by atoms with E-state index < -0.39 is 0 Å². The standard InChI is InChI=1S/C20H21N5O3/c1-10-17(11(2)28-23-10)18-21-15-8-13-14(9-16(15)22-18)20(27)25(19(13)26)12-4-6-24(3)7-5-12/h8-9,12H,4-7H2,1-3H3,(H,21,22). The number of carbonyl (C=O) groups excluding carboxylic acids is 2. The Labute approximate surface area is 161 Å². The molecule has 2 aliphatic heterocycles. The minimum absolute atomic E-state index is 0.0345. The number of nitrogens with zero attached hydrogens (tertiary/aromatic N) is 4. The van der Waals surface area contributed by atoms with Crippen molar-refractivity contribution >= 4 is 22.8 Å². The fourth-order valence-electron chi connectivity index (χ4n) is 4.29. The second kappa shape index (κ2) is 6.00. The lowest BCUT2D eigenvalue weighted by Gasteiger charge is -2.33. The van der Waals surface area contributed by atoms with Crippen molar-refractivity contribution in [3.63, 3.8) is 0 Å². The van der Waals surface area contributed by atoms with Crippen LogP contribution in [-0.2, 0) is 0 Å². The summed E-state index contributed by atoms with van der Waals surface area (Å²) in [5, 5.41) is 3.96. The number of aromatic amines is 1. The van der Waals surface area contributed by atoms with Crippen molar-refractivity contribution < 1.29 is 14.1 Å². The maximum absolute atomic E-state index is 13.0. The van der Waals surface area contributed by atoms with E-state index in [1.165, 1.54) is 4.90 Å². The van der Waals surface area contributed by atoms with Gasteiger partial charge in [-0.1, -0.05) is 5.16 Å². The van der Waals surface area contributed by atoms with Gasteiger partial charge in [0.25, 0.3) is 11.8 Å². The minimum Gasteiger partial charge on any atom is -0.361 e. The first kappa shape index (κ1) is 17.1. The summed E-state index contributed by atoms with van der Waals surface area (Å²) in [7, 11) is 2.06. The zero-order valence-corrected chi connectivity index (χ0v) is 16.1. The molecule has 0 atom stereocenters. The van der Waals surface area contributed by atoms with Crippen LogP contribution in [0.4, 0.5) is 0 Å². The molecule has 2 aliphatic rings. The van der Waals surface area contributed by atoms with Gasteiger partial charge in [0.1, 0.15) is 11.6 Å². The topological polar surface area (TPSA) is 95.3 Å². The summed E-state index contributed by atoms with van der Waals surface area (Å²) < 4.78 is 5.22. The van der Waals surface area contributed by atoms with Gasteiger partial charge >= 0.3 is 0 Å². The first-order valence-corrected chi connectivity index (χ1v) is 9.47. The van der Waals surface area contributed by atoms with Crippen molar-refractivity contribution in [2.75, 3.05) is 20.1 Å². The van der Waals surface area contributed by atoms with E-state index in [0.29, 0.717) is 28.2 Å². The number of likely N-dealkylation sites (tertiary alicyclic amines) is 1. The van der Waals surface area contributed by atoms with Gasteiger partial charge < -0.3 is 14.4 Å². The van der Waals surface area contributed by atoms with Gasteiger partial charge in [-0.25, -0.2) is 4.98 Å². The molecule has 0 aliphatic carbocycles. The molecule has 28 heavy (non-hydrogen) atoms. The van der Waals surface area contributed by atoms with Crippen molar-refractivity contribution in [3.8, 4) is 11.4 Å². The number of imidazole rings is 1. The summed E-state index contributed by atoms with van der Waals surface area (Å²) in [5.74, 6) is 0.884. The van der Waals surface area contributed by atoms with Gasteiger partial charge in [0.15, 0.2) is 0 Å². The predicted octanol–water partition coefficient (Wildman–Crippen LogP) is 2.52. The van der Waals surface area contributed by atoms with Crippen LogP contribution in [0, 0.1) is 13.8 Å². The lowest BCUT2D eigenvalue weighted by atomic mass is 10.0. The maximum atomic E-state index is 13.0. The van der Waals surface area contributed by atoms with Crippen molar-refractivity contribution in [3.05, 3.63) is 34.7 Å². The molecule has 2 amide bonds. The zero-order chi connectivity index (χ0) is 19.6. The van der Waals surface area contributed by atoms with E-state index in [4.69, 9.17) is 4.52 Å². The van der Waals surface area contributed by atoms with Gasteiger partial charge in [-0.2, -0.15) is 0 Å². The lowest BCUT2D eigenvalue weighted by Crippen LogP contribution is -2.46. The Morgan fingerprint density at radius 2 is 1.79 bits per heavy atom. The van der Waals surface area contributed by atoms with Gasteiger partial charge in [0.05, 0.1) is 33.4 Å². The number of piperidine rings is 1. The number of H-pyrrole nitrogens is 1. The van der Waals surface area contributed by atoms with E-state index in [0.717, 1.165) is 42.7 Å². The van der Waals surface area contributed by atoms with E-state index in [1.54, 1.807) is 12.1 Å².